The predicted octanol–water partition coefficient (Wildman–Crippen LogP) is 7.53. The second kappa shape index (κ2) is 17.6. The van der Waals surface area contributed by atoms with Crippen LogP contribution in [-0.2, 0) is 27.2 Å². The average molecular weight is 627 g/mol. The van der Waals surface area contributed by atoms with E-state index in [1.165, 1.54) is 56.9 Å². The van der Waals surface area contributed by atoms with Gasteiger partial charge < -0.3 is 9.84 Å². The molecule has 0 spiro atoms. The maximum atomic E-state index is 10.4. The molecule has 1 heterocycles. The van der Waals surface area contributed by atoms with Crippen LogP contribution in [0.4, 0.5) is 0 Å². The molecule has 0 saturated heterocycles. The van der Waals surface area contributed by atoms with Crippen molar-refractivity contribution in [3.8, 4) is 11.5 Å². The number of phenolic OH excluding ortho intramolecular Hbond substituents is 1. The lowest BCUT2D eigenvalue weighted by atomic mass is 9.84. The first-order valence-corrected chi connectivity index (χ1v) is 17.2. The lowest BCUT2D eigenvalue weighted by Crippen LogP contribution is -2.37. The molecular formula is C29H54O10S2. The minimum Gasteiger partial charge on any atom is -0.507 e. The summed E-state index contributed by atoms with van der Waals surface area (Å²) in [5.74, 6) is 4.04. The zero-order chi connectivity index (χ0) is 32.2. The second-order valence-electron chi connectivity index (χ2n) is 12.3. The van der Waals surface area contributed by atoms with Crippen LogP contribution in [0.5, 0.6) is 11.5 Å². The average Bonchev–Trinajstić information content (AvgIpc) is 2.79. The van der Waals surface area contributed by atoms with Crippen LogP contribution in [0.1, 0.15) is 121 Å². The van der Waals surface area contributed by atoms with E-state index in [2.05, 4.69) is 41.5 Å². The molecule has 0 aliphatic carbocycles. The van der Waals surface area contributed by atoms with Gasteiger partial charge in [-0.3, -0.25) is 18.2 Å². The Balaban J connectivity index is 0.00000137. The maximum absolute atomic E-state index is 10.4. The fourth-order valence-corrected chi connectivity index (χ4v) is 5.27. The Morgan fingerprint density at radius 3 is 1.59 bits per heavy atom. The Hall–Kier alpha value is -1.44. The monoisotopic (exact) mass is 626 g/mol. The molecule has 0 bridgehead atoms. The van der Waals surface area contributed by atoms with Gasteiger partial charge in [0, 0.05) is 5.56 Å². The van der Waals surface area contributed by atoms with Crippen molar-refractivity contribution in [1.82, 2.24) is 0 Å². The van der Waals surface area contributed by atoms with E-state index in [0.717, 1.165) is 59.5 Å². The summed E-state index contributed by atoms with van der Waals surface area (Å²) in [6, 6.07) is 0. The molecule has 1 aromatic rings. The first kappa shape index (κ1) is 39.6. The number of fused-ring (bicyclic) bond motifs is 1. The molecule has 10 nitrogen and oxygen atoms in total. The summed E-state index contributed by atoms with van der Waals surface area (Å²) in [6.45, 7) is 17.9. The van der Waals surface area contributed by atoms with Crippen LogP contribution in [0, 0.1) is 38.5 Å². The van der Waals surface area contributed by atoms with E-state index in [9.17, 15) is 5.11 Å². The van der Waals surface area contributed by atoms with Crippen molar-refractivity contribution in [2.75, 3.05) is 0 Å². The minimum atomic E-state index is -4.67. The molecule has 1 aromatic carbocycles. The smallest absolute Gasteiger partial charge is 0.394 e. The fourth-order valence-electron chi connectivity index (χ4n) is 5.27. The molecule has 3 atom stereocenters. The molecule has 1 aliphatic rings. The maximum Gasteiger partial charge on any atom is 0.394 e. The van der Waals surface area contributed by atoms with Gasteiger partial charge in [-0.15, -0.1) is 0 Å². The number of benzene rings is 1. The van der Waals surface area contributed by atoms with Gasteiger partial charge in [-0.2, -0.15) is 16.8 Å². The van der Waals surface area contributed by atoms with Crippen molar-refractivity contribution in [3.63, 3.8) is 0 Å². The van der Waals surface area contributed by atoms with Gasteiger partial charge in [-0.05, 0) is 87.8 Å². The number of rotatable bonds is 12. The first-order chi connectivity index (χ1) is 18.5. The summed E-state index contributed by atoms with van der Waals surface area (Å²) in [7, 11) is -9.33. The summed E-state index contributed by atoms with van der Waals surface area (Å²) in [5, 5.41) is 10.4. The van der Waals surface area contributed by atoms with E-state index < -0.39 is 20.8 Å². The minimum absolute atomic E-state index is 0.0712. The van der Waals surface area contributed by atoms with Crippen molar-refractivity contribution < 1.29 is 44.9 Å². The van der Waals surface area contributed by atoms with Crippen LogP contribution in [0.3, 0.4) is 0 Å². The summed E-state index contributed by atoms with van der Waals surface area (Å²) >= 11 is 0. The Bertz CT molecular complexity index is 1100. The van der Waals surface area contributed by atoms with Gasteiger partial charge in [0.1, 0.15) is 17.1 Å². The van der Waals surface area contributed by atoms with Crippen molar-refractivity contribution in [3.05, 3.63) is 22.3 Å². The van der Waals surface area contributed by atoms with E-state index in [4.69, 9.17) is 39.8 Å². The van der Waals surface area contributed by atoms with E-state index >= 15 is 0 Å². The van der Waals surface area contributed by atoms with Crippen molar-refractivity contribution in [2.24, 2.45) is 17.8 Å². The topological polar surface area (TPSA) is 179 Å². The lowest BCUT2D eigenvalue weighted by Gasteiger charge is -2.38. The quantitative estimate of drug-likeness (QED) is 0.146. The molecule has 0 radical (unpaired) electrons. The summed E-state index contributed by atoms with van der Waals surface area (Å²) < 4.78 is 69.8. The Morgan fingerprint density at radius 2 is 1.15 bits per heavy atom. The lowest BCUT2D eigenvalue weighted by molar-refractivity contribution is 0.0511. The standard InChI is InChI=1S/C29H50O2.2H2O4S/c1-20(2)12-9-13-21(3)14-10-15-22(4)16-11-18-29(8)19-17-26-25(7)27(30)23(5)24(6)28(26)31-29;2*1-5(2,3)4/h20-22,30H,9-19H2,1-8H3;2*(H2,1,2,3,4)/t21?,22?,29-;;/m1../s1. The summed E-state index contributed by atoms with van der Waals surface area (Å²) in [5.41, 5.74) is 4.23. The van der Waals surface area contributed by atoms with Crippen LogP contribution in [0.15, 0.2) is 0 Å². The van der Waals surface area contributed by atoms with Gasteiger partial charge in [-0.25, -0.2) is 0 Å². The molecule has 0 amide bonds. The van der Waals surface area contributed by atoms with Crippen LogP contribution >= 0.6 is 0 Å². The normalized spacial score (nSPS) is 18.3. The van der Waals surface area contributed by atoms with Crippen LogP contribution in [0.2, 0.25) is 0 Å². The molecular weight excluding hydrogens is 572 g/mol. The first-order valence-electron chi connectivity index (χ1n) is 14.4. The third-order valence-corrected chi connectivity index (χ3v) is 7.87. The zero-order valence-corrected chi connectivity index (χ0v) is 27.7. The SMILES string of the molecule is Cc1c(C)c2c(c(C)c1O)CC[C@@](C)(CCCC(C)CCCC(C)CCCC(C)C)O2.O=S(=O)(O)O.O=S(=O)(O)O. The van der Waals surface area contributed by atoms with Crippen molar-refractivity contribution in [1.29, 1.82) is 0 Å². The molecule has 12 heteroatoms. The highest BCUT2D eigenvalue weighted by Gasteiger charge is 2.34. The third-order valence-electron chi connectivity index (χ3n) is 7.87. The molecule has 242 valence electrons. The van der Waals surface area contributed by atoms with Gasteiger partial charge >= 0.3 is 20.8 Å². The van der Waals surface area contributed by atoms with Crippen LogP contribution < -0.4 is 4.74 Å². The molecule has 41 heavy (non-hydrogen) atoms. The van der Waals surface area contributed by atoms with E-state index in [0.29, 0.717) is 5.75 Å². The molecule has 1 aliphatic heterocycles. The largest absolute Gasteiger partial charge is 0.507 e. The highest BCUT2D eigenvalue weighted by Crippen LogP contribution is 2.44. The Kier molecular flexibility index (Phi) is 17.0. The third kappa shape index (κ3) is 18.7. The molecule has 0 fully saturated rings. The van der Waals surface area contributed by atoms with Crippen LogP contribution in [0.25, 0.3) is 0 Å². The number of ether oxygens (including phenoxy) is 1. The van der Waals surface area contributed by atoms with Gasteiger partial charge in [0.15, 0.2) is 0 Å². The number of hydrogen-bond donors (Lipinski definition) is 5. The molecule has 2 unspecified atom stereocenters. The van der Waals surface area contributed by atoms with E-state index in [1.807, 2.05) is 13.8 Å². The molecule has 2 rings (SSSR count). The highest BCUT2D eigenvalue weighted by molar-refractivity contribution is 7.80. The molecule has 0 aromatic heterocycles. The van der Waals surface area contributed by atoms with E-state index in [1.54, 1.807) is 0 Å². The Morgan fingerprint density at radius 1 is 0.732 bits per heavy atom. The van der Waals surface area contributed by atoms with Crippen molar-refractivity contribution in [2.45, 2.75) is 132 Å². The predicted molar refractivity (Wildman–Crippen MR) is 163 cm³/mol. The summed E-state index contributed by atoms with van der Waals surface area (Å²) in [6.07, 6.45) is 14.1. The number of phenols is 1. The highest BCUT2D eigenvalue weighted by atomic mass is 32.3. The van der Waals surface area contributed by atoms with Crippen molar-refractivity contribution >= 4 is 20.8 Å². The van der Waals surface area contributed by atoms with Crippen LogP contribution in [-0.4, -0.2) is 45.8 Å². The zero-order valence-electron chi connectivity index (χ0n) is 26.1. The summed E-state index contributed by atoms with van der Waals surface area (Å²) in [4.78, 5) is 0. The number of hydrogen-bond acceptors (Lipinski definition) is 6. The van der Waals surface area contributed by atoms with Gasteiger partial charge in [-0.1, -0.05) is 72.6 Å². The second-order valence-corrected chi connectivity index (χ2v) is 14.1. The van der Waals surface area contributed by atoms with Gasteiger partial charge in [0.2, 0.25) is 0 Å². The Labute approximate surface area is 248 Å². The van der Waals surface area contributed by atoms with Gasteiger partial charge in [0.05, 0.1) is 0 Å². The van der Waals surface area contributed by atoms with E-state index in [-0.39, 0.29) is 5.60 Å². The van der Waals surface area contributed by atoms with Gasteiger partial charge in [0.25, 0.3) is 0 Å². The number of aromatic hydroxyl groups is 1. The fraction of sp³-hybridized carbons (Fsp3) is 0.793. The molecule has 0 saturated carbocycles. The molecule has 5 N–H and O–H groups in total.